The van der Waals surface area contributed by atoms with Crippen LogP contribution in [0.15, 0.2) is 0 Å². The van der Waals surface area contributed by atoms with E-state index in [0.717, 1.165) is 0 Å². The van der Waals surface area contributed by atoms with Gasteiger partial charge < -0.3 is 5.48 Å². The minimum absolute atomic E-state index is 0. The van der Waals surface area contributed by atoms with Crippen molar-refractivity contribution in [1.29, 1.82) is 0 Å². The van der Waals surface area contributed by atoms with Gasteiger partial charge in [0.1, 0.15) is 0 Å². The summed E-state index contributed by atoms with van der Waals surface area (Å²) in [7, 11) is 0. The van der Waals surface area contributed by atoms with Crippen LogP contribution in [0.4, 0.5) is 0 Å². The van der Waals surface area contributed by atoms with Gasteiger partial charge in [0.2, 0.25) is 0 Å². The van der Waals surface area contributed by atoms with Crippen LogP contribution in [0.2, 0.25) is 0 Å². The van der Waals surface area contributed by atoms with E-state index in [0.29, 0.717) is 0 Å². The molecule has 4 N–H and O–H groups in total. The van der Waals surface area contributed by atoms with Crippen LogP contribution < -0.4 is 0 Å². The van der Waals surface area contributed by atoms with Gasteiger partial charge in [-0.2, -0.15) is 0 Å². The Hall–Kier alpha value is 0.709. The van der Waals surface area contributed by atoms with Crippen molar-refractivity contribution in [3.05, 3.63) is 0 Å². The SMILES string of the molecule is C.C.C.O.[O]=[Ti]([OH])[OH].[O]=[Ti]=[O]. The maximum atomic E-state index is 8.81. The summed E-state index contributed by atoms with van der Waals surface area (Å²) in [5.74, 6) is 0. The molecule has 0 aromatic heterocycles. The second-order valence-corrected chi connectivity index (χ2v) is 1.51. The van der Waals surface area contributed by atoms with Crippen LogP contribution in [0.1, 0.15) is 22.3 Å². The molecule has 0 unspecified atom stereocenters. The van der Waals surface area contributed by atoms with Crippen molar-refractivity contribution in [3.8, 4) is 0 Å². The minimum atomic E-state index is -3.58. The van der Waals surface area contributed by atoms with Crippen LogP contribution in [0, 0.1) is 0 Å². The van der Waals surface area contributed by atoms with Crippen molar-refractivity contribution in [2.24, 2.45) is 0 Å². The van der Waals surface area contributed by atoms with Crippen molar-refractivity contribution in [2.45, 2.75) is 22.3 Å². The molecule has 0 fully saturated rings. The monoisotopic (exact) mass is 244 g/mol. The second kappa shape index (κ2) is 45.5. The number of hydrogen-bond acceptors (Lipinski definition) is 3. The van der Waals surface area contributed by atoms with E-state index < -0.39 is 37.7 Å². The molecule has 0 amide bonds. The maximum absolute atomic E-state index is 8.81. The Morgan fingerprint density at radius 1 is 1.00 bits per heavy atom. The van der Waals surface area contributed by atoms with E-state index in [1.165, 1.54) is 0 Å². The second-order valence-electron chi connectivity index (χ2n) is 0.366. The summed E-state index contributed by atoms with van der Waals surface area (Å²) in [5, 5.41) is 0. The van der Waals surface area contributed by atoms with Crippen molar-refractivity contribution < 1.29 is 60.5 Å². The molecule has 0 aromatic rings. The van der Waals surface area contributed by atoms with Crippen LogP contribution >= 0.6 is 0 Å². The van der Waals surface area contributed by atoms with Crippen LogP contribution in [0.3, 0.4) is 0 Å². The van der Waals surface area contributed by atoms with Gasteiger partial charge in [0.15, 0.2) is 0 Å². The molecule has 0 atom stereocenters. The normalized spacial score (nSPS) is 3.09. The zero-order valence-electron chi connectivity index (χ0n) is 3.62. The Morgan fingerprint density at radius 3 is 1.00 bits per heavy atom. The summed E-state index contributed by atoms with van der Waals surface area (Å²) in [6.45, 7) is 0. The first-order valence-electron chi connectivity index (χ1n) is 1.06. The molecule has 0 aromatic carbocycles. The Labute approximate surface area is 82.6 Å². The topological polar surface area (TPSA) is 123 Å². The predicted molar refractivity (Wildman–Crippen MR) is 30.3 cm³/mol. The van der Waals surface area contributed by atoms with Crippen LogP contribution in [0.5, 0.6) is 0 Å². The van der Waals surface area contributed by atoms with Crippen LogP contribution in [-0.2, 0) is 47.7 Å². The molecule has 11 heavy (non-hydrogen) atoms. The Balaban J connectivity index is -0.00000000848. The van der Waals surface area contributed by atoms with E-state index in [2.05, 4.69) is 0 Å². The molecule has 0 radical (unpaired) electrons. The molecular weight excluding hydrogens is 228 g/mol. The predicted octanol–water partition coefficient (Wildman–Crippen LogP) is -0.392. The van der Waals surface area contributed by atoms with E-state index in [1.54, 1.807) is 0 Å². The summed E-state index contributed by atoms with van der Waals surface area (Å²) in [4.78, 5) is 0. The molecular formula is C3H16O6Ti2. The van der Waals surface area contributed by atoms with Gasteiger partial charge in [-0.1, -0.05) is 22.3 Å². The van der Waals surface area contributed by atoms with E-state index in [1.807, 2.05) is 0 Å². The summed E-state index contributed by atoms with van der Waals surface area (Å²) in [6.07, 6.45) is 0. The van der Waals surface area contributed by atoms with Crippen molar-refractivity contribution in [3.63, 3.8) is 0 Å². The first kappa shape index (κ1) is 41.2. The van der Waals surface area contributed by atoms with Crippen LogP contribution in [-0.4, -0.2) is 12.9 Å². The molecule has 8 heteroatoms. The van der Waals surface area contributed by atoms with Crippen molar-refractivity contribution in [1.82, 2.24) is 0 Å². The molecule has 0 aliphatic rings. The van der Waals surface area contributed by atoms with Gasteiger partial charge in [-0.05, 0) is 0 Å². The fourth-order valence-electron chi connectivity index (χ4n) is 0. The summed E-state index contributed by atoms with van der Waals surface area (Å²) >= 11 is -5.58. The molecule has 0 aliphatic heterocycles. The zero-order valence-corrected chi connectivity index (χ0v) is 6.74. The quantitative estimate of drug-likeness (QED) is 0.561. The van der Waals surface area contributed by atoms with Crippen molar-refractivity contribution in [2.75, 3.05) is 0 Å². The molecule has 6 nitrogen and oxygen atoms in total. The molecule has 0 rings (SSSR count). The molecule has 0 aliphatic carbocycles. The fourth-order valence-corrected chi connectivity index (χ4v) is 0. The Bertz CT molecular complexity index is 83.8. The van der Waals surface area contributed by atoms with Crippen molar-refractivity contribution >= 4 is 0 Å². The third kappa shape index (κ3) is 1620. The van der Waals surface area contributed by atoms with E-state index in [9.17, 15) is 0 Å². The Kier molecular flexibility index (Phi) is 171. The number of rotatable bonds is 0. The third-order valence-electron chi connectivity index (χ3n) is 0. The first-order chi connectivity index (χ1) is 3.15. The molecule has 72 valence electrons. The van der Waals surface area contributed by atoms with Gasteiger partial charge in [-0.15, -0.1) is 0 Å². The zero-order chi connectivity index (χ0) is 6.28. The van der Waals surface area contributed by atoms with E-state index in [4.69, 9.17) is 17.3 Å². The van der Waals surface area contributed by atoms with Gasteiger partial charge in [0.05, 0.1) is 0 Å². The fraction of sp³-hybridized carbons (Fsp3) is 1.00. The average molecular weight is 244 g/mol. The summed E-state index contributed by atoms with van der Waals surface area (Å²) in [6, 6.07) is 0. The van der Waals surface area contributed by atoms with E-state index >= 15 is 0 Å². The third-order valence-corrected chi connectivity index (χ3v) is 0. The van der Waals surface area contributed by atoms with Gasteiger partial charge in [-0.3, -0.25) is 0 Å². The van der Waals surface area contributed by atoms with Gasteiger partial charge >= 0.3 is 55.1 Å². The average Bonchev–Trinajstić information content (AvgIpc) is 1.33. The molecule has 0 heterocycles. The first-order valence-corrected chi connectivity index (χ1v) is 4.37. The molecule has 0 saturated carbocycles. The summed E-state index contributed by atoms with van der Waals surface area (Å²) in [5.41, 5.74) is 0. The standard InChI is InChI=1S/3CH4.3H2O.3O.2Ti/h3*1H4;3*1H2;;;;;/q;;;;;;;;;;+2/p-2. The van der Waals surface area contributed by atoms with E-state index in [-0.39, 0.29) is 27.8 Å². The Morgan fingerprint density at radius 2 is 1.00 bits per heavy atom. The van der Waals surface area contributed by atoms with Gasteiger partial charge in [0, 0.05) is 0 Å². The molecule has 0 saturated heterocycles. The van der Waals surface area contributed by atoms with Gasteiger partial charge in [-0.25, -0.2) is 0 Å². The van der Waals surface area contributed by atoms with Crippen LogP contribution in [0.25, 0.3) is 0 Å². The summed E-state index contributed by atoms with van der Waals surface area (Å²) < 4.78 is 40.2. The molecule has 0 bridgehead atoms. The van der Waals surface area contributed by atoms with Gasteiger partial charge in [0.25, 0.3) is 0 Å². The molecule has 0 spiro atoms. The number of hydrogen-bond donors (Lipinski definition) is 2.